The Labute approximate surface area is 149 Å². The minimum absolute atomic E-state index is 0.213. The Bertz CT molecular complexity index is 778. The van der Waals surface area contributed by atoms with Crippen LogP contribution in [0.15, 0.2) is 46.0 Å². The lowest BCUT2D eigenvalue weighted by Gasteiger charge is -2.12. The Kier molecular flexibility index (Phi) is 7.19. The maximum absolute atomic E-state index is 12.1. The fourth-order valence-corrected chi connectivity index (χ4v) is 3.08. The molecule has 0 unspecified atom stereocenters. The van der Waals surface area contributed by atoms with E-state index in [9.17, 15) is 9.59 Å². The van der Waals surface area contributed by atoms with Crippen molar-refractivity contribution < 1.29 is 5.32 Å². The van der Waals surface area contributed by atoms with Crippen molar-refractivity contribution in [2.75, 3.05) is 6.54 Å². The van der Waals surface area contributed by atoms with Gasteiger partial charge in [-0.1, -0.05) is 36.8 Å². The van der Waals surface area contributed by atoms with Crippen LogP contribution in [-0.2, 0) is 13.6 Å². The van der Waals surface area contributed by atoms with Crippen LogP contribution in [0.5, 0.6) is 0 Å². The zero-order chi connectivity index (χ0) is 18.2. The molecule has 0 aliphatic rings. The molecule has 136 valence electrons. The second-order valence-electron chi connectivity index (χ2n) is 6.76. The molecule has 1 aromatic heterocycles. The molecule has 2 N–H and O–H groups in total. The first-order valence-corrected chi connectivity index (χ1v) is 9.16. The molecule has 0 saturated carbocycles. The lowest BCUT2D eigenvalue weighted by Crippen LogP contribution is -2.84. The van der Waals surface area contributed by atoms with Gasteiger partial charge in [0.05, 0.1) is 6.54 Å². The van der Waals surface area contributed by atoms with E-state index in [0.29, 0.717) is 12.6 Å². The molecule has 0 aliphatic carbocycles. The second kappa shape index (κ2) is 9.37. The van der Waals surface area contributed by atoms with Crippen molar-refractivity contribution in [1.29, 1.82) is 0 Å². The van der Waals surface area contributed by atoms with E-state index < -0.39 is 0 Å². The first-order chi connectivity index (χ1) is 12.0. The first kappa shape index (κ1) is 19.2. The normalized spacial score (nSPS) is 12.3. The van der Waals surface area contributed by atoms with Gasteiger partial charge in [0.25, 0.3) is 5.56 Å². The molecule has 5 heteroatoms. The summed E-state index contributed by atoms with van der Waals surface area (Å²) < 4.78 is 2.87. The Hall–Kier alpha value is -2.14. The summed E-state index contributed by atoms with van der Waals surface area (Å²) in [5, 5.41) is 2.39. The summed E-state index contributed by atoms with van der Waals surface area (Å²) in [5.41, 5.74) is 1.67. The standard InChI is InChI=1S/C20H29N3O2/c1-16-15-19(24)22(3)20(25)23(16)14-10-5-4-9-13-21-17(2)18-11-7-6-8-12-18/h6-8,11-12,15,17,21H,4-5,9-10,13-14H2,1-3H3/p+1/t17-/m0/s1. The number of unbranched alkanes of at least 4 members (excludes halogenated alkanes) is 3. The summed E-state index contributed by atoms with van der Waals surface area (Å²) in [6, 6.07) is 12.6. The summed E-state index contributed by atoms with van der Waals surface area (Å²) in [6.45, 7) is 5.87. The fourth-order valence-electron chi connectivity index (χ4n) is 3.08. The van der Waals surface area contributed by atoms with E-state index in [0.717, 1.165) is 31.5 Å². The smallest absolute Gasteiger partial charge is 0.330 e. The van der Waals surface area contributed by atoms with Crippen LogP contribution >= 0.6 is 0 Å². The predicted molar refractivity (Wildman–Crippen MR) is 101 cm³/mol. The van der Waals surface area contributed by atoms with Crippen LogP contribution in [0.2, 0.25) is 0 Å². The third-order valence-electron chi connectivity index (χ3n) is 4.79. The molecule has 0 spiro atoms. The molecule has 5 nitrogen and oxygen atoms in total. The number of hydrogen-bond donors (Lipinski definition) is 1. The molecule has 0 bridgehead atoms. The summed E-state index contributed by atoms with van der Waals surface area (Å²) in [6.07, 6.45) is 4.41. The lowest BCUT2D eigenvalue weighted by molar-refractivity contribution is -0.693. The maximum atomic E-state index is 12.1. The highest BCUT2D eigenvalue weighted by Gasteiger charge is 2.07. The molecule has 0 fully saturated rings. The van der Waals surface area contributed by atoms with Gasteiger partial charge in [-0.25, -0.2) is 4.79 Å². The maximum Gasteiger partial charge on any atom is 0.330 e. The van der Waals surface area contributed by atoms with E-state index in [4.69, 9.17) is 0 Å². The molecule has 2 aromatic rings. The zero-order valence-electron chi connectivity index (χ0n) is 15.6. The van der Waals surface area contributed by atoms with Crippen molar-refractivity contribution in [2.24, 2.45) is 7.05 Å². The topological polar surface area (TPSA) is 60.6 Å². The van der Waals surface area contributed by atoms with Crippen LogP contribution in [0.3, 0.4) is 0 Å². The number of quaternary nitrogens is 1. The molecule has 2 rings (SSSR count). The van der Waals surface area contributed by atoms with Crippen LogP contribution < -0.4 is 16.6 Å². The fraction of sp³-hybridized carbons (Fsp3) is 0.500. The van der Waals surface area contributed by atoms with Gasteiger partial charge in [0.2, 0.25) is 0 Å². The van der Waals surface area contributed by atoms with Crippen molar-refractivity contribution in [3.8, 4) is 0 Å². The molecule has 1 heterocycles. The number of hydrogen-bond acceptors (Lipinski definition) is 2. The van der Waals surface area contributed by atoms with E-state index in [1.54, 1.807) is 4.57 Å². The van der Waals surface area contributed by atoms with Crippen molar-refractivity contribution in [2.45, 2.75) is 52.1 Å². The number of aryl methyl sites for hydroxylation is 1. The van der Waals surface area contributed by atoms with Gasteiger partial charge in [0, 0.05) is 30.9 Å². The average Bonchev–Trinajstić information content (AvgIpc) is 2.62. The molecular formula is C20H30N3O2+. The van der Waals surface area contributed by atoms with Gasteiger partial charge in [-0.15, -0.1) is 0 Å². The van der Waals surface area contributed by atoms with Crippen LogP contribution in [-0.4, -0.2) is 15.7 Å². The Balaban J connectivity index is 1.67. The summed E-state index contributed by atoms with van der Waals surface area (Å²) in [7, 11) is 1.53. The number of rotatable bonds is 9. The zero-order valence-corrected chi connectivity index (χ0v) is 15.6. The van der Waals surface area contributed by atoms with E-state index >= 15 is 0 Å². The molecule has 1 aromatic carbocycles. The first-order valence-electron chi connectivity index (χ1n) is 9.16. The predicted octanol–water partition coefficient (Wildman–Crippen LogP) is 1.74. The van der Waals surface area contributed by atoms with Crippen LogP contribution in [0.25, 0.3) is 0 Å². The summed E-state index contributed by atoms with van der Waals surface area (Å²) >= 11 is 0. The molecular weight excluding hydrogens is 314 g/mol. The molecule has 0 aliphatic heterocycles. The van der Waals surface area contributed by atoms with Gasteiger partial charge in [0.1, 0.15) is 6.04 Å². The SMILES string of the molecule is Cc1cc(=O)n(C)c(=O)n1CCCCCC[NH2+][C@@H](C)c1ccccc1. The van der Waals surface area contributed by atoms with Gasteiger partial charge in [0.15, 0.2) is 0 Å². The number of nitrogens with two attached hydrogens (primary N) is 1. The highest BCUT2D eigenvalue weighted by Crippen LogP contribution is 2.06. The Morgan fingerprint density at radius 2 is 1.72 bits per heavy atom. The molecule has 0 saturated heterocycles. The molecule has 0 amide bonds. The van der Waals surface area contributed by atoms with Crippen LogP contribution in [0.4, 0.5) is 0 Å². The van der Waals surface area contributed by atoms with Gasteiger partial charge in [-0.3, -0.25) is 13.9 Å². The minimum atomic E-state index is -0.234. The highest BCUT2D eigenvalue weighted by atomic mass is 16.2. The van der Waals surface area contributed by atoms with Gasteiger partial charge in [-0.2, -0.15) is 0 Å². The minimum Gasteiger partial charge on any atom is -0.340 e. The molecule has 1 atom stereocenters. The monoisotopic (exact) mass is 344 g/mol. The summed E-state index contributed by atoms with van der Waals surface area (Å²) in [4.78, 5) is 23.7. The average molecular weight is 344 g/mol. The Morgan fingerprint density at radius 3 is 2.44 bits per heavy atom. The van der Waals surface area contributed by atoms with Gasteiger partial charge >= 0.3 is 5.69 Å². The van der Waals surface area contributed by atoms with Crippen LogP contribution in [0.1, 0.15) is 49.9 Å². The quantitative estimate of drug-likeness (QED) is 0.705. The number of benzene rings is 1. The van der Waals surface area contributed by atoms with Crippen molar-refractivity contribution >= 4 is 0 Å². The molecule has 0 radical (unpaired) electrons. The number of nitrogens with zero attached hydrogens (tertiary/aromatic N) is 2. The van der Waals surface area contributed by atoms with E-state index in [2.05, 4.69) is 36.5 Å². The Morgan fingerprint density at radius 1 is 1.04 bits per heavy atom. The highest BCUT2D eigenvalue weighted by molar-refractivity contribution is 5.16. The lowest BCUT2D eigenvalue weighted by atomic mass is 10.1. The van der Waals surface area contributed by atoms with E-state index in [1.165, 1.54) is 29.7 Å². The van der Waals surface area contributed by atoms with E-state index in [1.807, 2.05) is 13.0 Å². The van der Waals surface area contributed by atoms with Gasteiger partial charge in [-0.05, 0) is 33.1 Å². The second-order valence-corrected chi connectivity index (χ2v) is 6.76. The summed E-state index contributed by atoms with van der Waals surface area (Å²) in [5.74, 6) is 0. The van der Waals surface area contributed by atoms with E-state index in [-0.39, 0.29) is 11.2 Å². The van der Waals surface area contributed by atoms with Crippen molar-refractivity contribution in [3.05, 3.63) is 68.5 Å². The third kappa shape index (κ3) is 5.43. The third-order valence-corrected chi connectivity index (χ3v) is 4.79. The van der Waals surface area contributed by atoms with Crippen molar-refractivity contribution in [3.63, 3.8) is 0 Å². The van der Waals surface area contributed by atoms with Gasteiger partial charge < -0.3 is 5.32 Å². The molecule has 25 heavy (non-hydrogen) atoms. The van der Waals surface area contributed by atoms with Crippen molar-refractivity contribution in [1.82, 2.24) is 9.13 Å². The van der Waals surface area contributed by atoms with Crippen LogP contribution in [0, 0.1) is 6.92 Å². The largest absolute Gasteiger partial charge is 0.340 e. The number of aromatic nitrogens is 2.